The molecule has 5 aromatic rings. The second-order valence-corrected chi connectivity index (χ2v) is 10.6. The van der Waals surface area contributed by atoms with E-state index < -0.39 is 6.15 Å². The predicted octanol–water partition coefficient (Wildman–Crippen LogP) is 5.27. The van der Waals surface area contributed by atoms with Gasteiger partial charge in [0.2, 0.25) is 0 Å². The van der Waals surface area contributed by atoms with Crippen LogP contribution in [0.2, 0.25) is 0 Å². The van der Waals surface area contributed by atoms with Gasteiger partial charge >= 0.3 is 0 Å². The maximum atomic E-state index is 10.1. The largest absolute Gasteiger partial charge is 0.392 e. The van der Waals surface area contributed by atoms with Crippen LogP contribution in [0.4, 0.5) is 0 Å². The van der Waals surface area contributed by atoms with Gasteiger partial charge in [0, 0.05) is 0 Å². The predicted molar refractivity (Wildman–Crippen MR) is 164 cm³/mol. The van der Waals surface area contributed by atoms with Gasteiger partial charge in [-0.15, -0.1) is 0 Å². The number of hydrogen-bond acceptors (Lipinski definition) is 1. The van der Waals surface area contributed by atoms with Gasteiger partial charge in [0.1, 0.15) is 6.15 Å². The highest BCUT2D eigenvalue weighted by molar-refractivity contribution is 7.19. The van der Waals surface area contributed by atoms with Crippen molar-refractivity contribution in [2.75, 3.05) is 0 Å². The van der Waals surface area contributed by atoms with Crippen LogP contribution < -0.4 is 21.9 Å². The minimum absolute atomic E-state index is 0.0879. The molecule has 0 spiro atoms. The minimum atomic E-state index is -1.38. The van der Waals surface area contributed by atoms with Gasteiger partial charge < -0.3 is 5.11 Å². The van der Waals surface area contributed by atoms with Gasteiger partial charge in [-0.3, -0.25) is 0 Å². The van der Waals surface area contributed by atoms with Crippen molar-refractivity contribution in [3.05, 3.63) is 155 Å². The van der Waals surface area contributed by atoms with Crippen LogP contribution in [0.25, 0.3) is 0 Å². The molecule has 0 amide bonds. The Kier molecular flexibility index (Phi) is 7.63. The minimum Gasteiger partial charge on any atom is -0.392 e. The standard InChI is InChI=1S/C36H36BO/c1-27-24-31(36(26-38)29(3)28(27)2)23-22-30-14-13-21-35(25-30)37(32-15-7-4-8-16-32,33-17-9-5-10-18-33)34-19-11-6-12-20-34/h4-21,24-25,38H,22-23,26H2,1-3H3/q-1. The van der Waals surface area contributed by atoms with Crippen LogP contribution in [0, 0.1) is 20.8 Å². The van der Waals surface area contributed by atoms with Gasteiger partial charge in [-0.2, -0.15) is 21.9 Å². The van der Waals surface area contributed by atoms with Crippen molar-refractivity contribution in [3.63, 3.8) is 0 Å². The summed E-state index contributed by atoms with van der Waals surface area (Å²) in [6.45, 7) is 6.54. The van der Waals surface area contributed by atoms with E-state index in [1.54, 1.807) is 0 Å². The number of aliphatic hydroxyl groups excluding tert-OH is 1. The zero-order valence-electron chi connectivity index (χ0n) is 22.7. The van der Waals surface area contributed by atoms with Crippen molar-refractivity contribution >= 4 is 28.0 Å². The fourth-order valence-corrected chi connectivity index (χ4v) is 6.34. The second-order valence-electron chi connectivity index (χ2n) is 10.6. The Morgan fingerprint density at radius 2 is 1.03 bits per heavy atom. The van der Waals surface area contributed by atoms with E-state index in [0.717, 1.165) is 18.4 Å². The third-order valence-electron chi connectivity index (χ3n) is 8.58. The highest BCUT2D eigenvalue weighted by Crippen LogP contribution is 2.23. The Bertz CT molecular complexity index is 1410. The third kappa shape index (κ3) is 4.73. The van der Waals surface area contributed by atoms with E-state index in [2.05, 4.69) is 142 Å². The Labute approximate surface area is 227 Å². The SMILES string of the molecule is Cc1cc(CCc2cccc([B-](c3ccccc3)(c3ccccc3)c3ccccc3)c2)c(CO)c(C)c1C. The molecule has 0 aliphatic rings. The first kappa shape index (κ1) is 25.8. The zero-order valence-corrected chi connectivity index (χ0v) is 22.7. The molecule has 190 valence electrons. The molecule has 0 aliphatic heterocycles. The molecule has 5 rings (SSSR count). The fraction of sp³-hybridized carbons (Fsp3) is 0.167. The summed E-state index contributed by atoms with van der Waals surface area (Å²) in [6.07, 6.45) is 0.454. The van der Waals surface area contributed by atoms with Crippen molar-refractivity contribution in [2.24, 2.45) is 0 Å². The molecule has 0 heterocycles. The van der Waals surface area contributed by atoms with E-state index in [1.165, 1.54) is 49.7 Å². The van der Waals surface area contributed by atoms with Gasteiger partial charge in [-0.05, 0) is 61.4 Å². The maximum Gasteiger partial charge on any atom is 0.108 e. The van der Waals surface area contributed by atoms with Crippen LogP contribution in [0.1, 0.15) is 33.4 Å². The second kappa shape index (κ2) is 11.2. The normalized spacial score (nSPS) is 11.5. The van der Waals surface area contributed by atoms with E-state index >= 15 is 0 Å². The molecule has 1 N–H and O–H groups in total. The molecule has 0 aliphatic carbocycles. The van der Waals surface area contributed by atoms with Crippen LogP contribution >= 0.6 is 0 Å². The fourth-order valence-electron chi connectivity index (χ4n) is 6.34. The summed E-state index contributed by atoms with van der Waals surface area (Å²) in [6, 6.07) is 44.3. The van der Waals surface area contributed by atoms with E-state index in [1.807, 2.05) is 0 Å². The van der Waals surface area contributed by atoms with Crippen molar-refractivity contribution < 1.29 is 5.11 Å². The molecule has 0 fully saturated rings. The number of benzene rings is 5. The number of hydrogen-bond donors (Lipinski definition) is 1. The van der Waals surface area contributed by atoms with Crippen LogP contribution in [-0.2, 0) is 19.4 Å². The first-order valence-electron chi connectivity index (χ1n) is 13.7. The van der Waals surface area contributed by atoms with Crippen LogP contribution in [0.5, 0.6) is 0 Å². The Morgan fingerprint density at radius 3 is 1.53 bits per heavy atom. The molecule has 0 unspecified atom stereocenters. The lowest BCUT2D eigenvalue weighted by Crippen LogP contribution is -2.74. The topological polar surface area (TPSA) is 20.2 Å². The first-order valence-corrected chi connectivity index (χ1v) is 13.7. The monoisotopic (exact) mass is 495 g/mol. The average Bonchev–Trinajstić information content (AvgIpc) is 2.97. The maximum absolute atomic E-state index is 10.1. The zero-order chi connectivity index (χ0) is 26.5. The lowest BCUT2D eigenvalue weighted by Gasteiger charge is -2.44. The molecule has 38 heavy (non-hydrogen) atoms. The van der Waals surface area contributed by atoms with Crippen molar-refractivity contribution in [1.82, 2.24) is 0 Å². The van der Waals surface area contributed by atoms with Gasteiger partial charge in [0.15, 0.2) is 0 Å². The molecule has 5 aromatic carbocycles. The van der Waals surface area contributed by atoms with E-state index in [4.69, 9.17) is 0 Å². The van der Waals surface area contributed by atoms with E-state index in [-0.39, 0.29) is 6.61 Å². The van der Waals surface area contributed by atoms with Crippen LogP contribution in [-0.4, -0.2) is 11.3 Å². The summed E-state index contributed by atoms with van der Waals surface area (Å²) in [5.74, 6) is 0. The molecular formula is C36H36BO-. The molecule has 0 atom stereocenters. The smallest absolute Gasteiger partial charge is 0.108 e. The summed E-state index contributed by atoms with van der Waals surface area (Å²) >= 11 is 0. The molecule has 0 bridgehead atoms. The van der Waals surface area contributed by atoms with Gasteiger partial charge in [0.05, 0.1) is 6.61 Å². The van der Waals surface area contributed by atoms with Gasteiger partial charge in [-0.1, -0.05) is 127 Å². The summed E-state index contributed by atoms with van der Waals surface area (Å²) in [7, 11) is 0. The highest BCUT2D eigenvalue weighted by atomic mass is 16.3. The van der Waals surface area contributed by atoms with Crippen molar-refractivity contribution in [2.45, 2.75) is 40.2 Å². The Balaban J connectivity index is 1.64. The third-order valence-corrected chi connectivity index (χ3v) is 8.58. The van der Waals surface area contributed by atoms with Crippen molar-refractivity contribution in [1.29, 1.82) is 0 Å². The molecule has 2 heteroatoms. The molecule has 1 nitrogen and oxygen atoms in total. The summed E-state index contributed by atoms with van der Waals surface area (Å²) in [5, 5.41) is 10.1. The first-order chi connectivity index (χ1) is 18.6. The average molecular weight is 495 g/mol. The molecule has 0 saturated heterocycles. The molecule has 0 radical (unpaired) electrons. The number of aryl methyl sites for hydroxylation is 3. The molecule has 0 saturated carbocycles. The molecular weight excluding hydrogens is 459 g/mol. The Hall–Kier alpha value is -3.88. The van der Waals surface area contributed by atoms with Gasteiger partial charge in [0.25, 0.3) is 0 Å². The van der Waals surface area contributed by atoms with E-state index in [9.17, 15) is 5.11 Å². The number of aliphatic hydroxyl groups is 1. The van der Waals surface area contributed by atoms with Crippen LogP contribution in [0.15, 0.2) is 121 Å². The lowest BCUT2D eigenvalue weighted by molar-refractivity contribution is 0.279. The lowest BCUT2D eigenvalue weighted by atomic mass is 9.13. The van der Waals surface area contributed by atoms with Gasteiger partial charge in [-0.25, -0.2) is 0 Å². The highest BCUT2D eigenvalue weighted by Gasteiger charge is 2.31. The summed E-state index contributed by atoms with van der Waals surface area (Å²) in [5.41, 5.74) is 12.7. The van der Waals surface area contributed by atoms with E-state index in [0.29, 0.717) is 0 Å². The summed E-state index contributed by atoms with van der Waals surface area (Å²) in [4.78, 5) is 0. The Morgan fingerprint density at radius 1 is 0.526 bits per heavy atom. The number of rotatable bonds is 8. The molecule has 0 aromatic heterocycles. The van der Waals surface area contributed by atoms with Crippen molar-refractivity contribution in [3.8, 4) is 0 Å². The quantitative estimate of drug-likeness (QED) is 0.291. The summed E-state index contributed by atoms with van der Waals surface area (Å²) < 4.78 is 0. The van der Waals surface area contributed by atoms with Crippen LogP contribution in [0.3, 0.4) is 0 Å².